The summed E-state index contributed by atoms with van der Waals surface area (Å²) >= 11 is 0. The predicted octanol–water partition coefficient (Wildman–Crippen LogP) is 3.06. The molecule has 16 heteroatoms. The van der Waals surface area contributed by atoms with E-state index in [-0.39, 0.29) is 39.4 Å². The number of rotatable bonds is 23. The van der Waals surface area contributed by atoms with Crippen LogP contribution in [0.1, 0.15) is 22.5 Å². The second-order valence-corrected chi connectivity index (χ2v) is 12.8. The number of carbonyl (C=O) groups is 4. The van der Waals surface area contributed by atoms with E-state index in [9.17, 15) is 19.2 Å². The molecule has 0 bridgehead atoms. The van der Waals surface area contributed by atoms with Gasteiger partial charge in [0.2, 0.25) is 0 Å². The normalized spacial score (nSPS) is 11.2. The van der Waals surface area contributed by atoms with E-state index >= 15 is 0 Å². The smallest absolute Gasteiger partial charge is 0.319 e. The summed E-state index contributed by atoms with van der Waals surface area (Å²) in [6, 6.07) is 19.6. The molecule has 16 nitrogen and oxygen atoms in total. The first-order chi connectivity index (χ1) is 27.1. The summed E-state index contributed by atoms with van der Waals surface area (Å²) in [5.74, 6) is -1.82. The third kappa shape index (κ3) is 12.6. The van der Waals surface area contributed by atoms with Crippen molar-refractivity contribution >= 4 is 23.9 Å². The molecule has 0 atom stereocenters. The van der Waals surface area contributed by atoms with Gasteiger partial charge in [0.05, 0.1) is 106 Å². The van der Waals surface area contributed by atoms with Crippen LogP contribution in [0.15, 0.2) is 60.7 Å². The number of nitrogens with zero attached hydrogens (tertiary/aromatic N) is 6. The first-order valence-corrected chi connectivity index (χ1v) is 18.2. The van der Waals surface area contributed by atoms with Crippen LogP contribution in [-0.2, 0) is 73.9 Å². The fraction of sp³-hybridized carbons (Fsp3) is 0.450. The van der Waals surface area contributed by atoms with E-state index in [1.165, 1.54) is 28.4 Å². The average Bonchev–Trinajstić information content (AvgIpc) is 3.71. The summed E-state index contributed by atoms with van der Waals surface area (Å²) in [6.07, 6.45) is 0. The monoisotopic (exact) mass is 776 g/mol. The molecule has 0 saturated heterocycles. The lowest BCUT2D eigenvalue weighted by Gasteiger charge is -2.20. The molecule has 2 heterocycles. The molecule has 4 rings (SSSR count). The van der Waals surface area contributed by atoms with Gasteiger partial charge in [-0.2, -0.15) is 10.2 Å². The molecule has 2 aromatic heterocycles. The van der Waals surface area contributed by atoms with Crippen molar-refractivity contribution < 1.29 is 47.6 Å². The Bertz CT molecular complexity index is 1710. The number of benzene rings is 2. The Morgan fingerprint density at radius 2 is 0.857 bits per heavy atom. The van der Waals surface area contributed by atoms with E-state index in [4.69, 9.17) is 38.6 Å². The zero-order chi connectivity index (χ0) is 40.5. The van der Waals surface area contributed by atoms with Crippen molar-refractivity contribution in [3.63, 3.8) is 0 Å². The number of carbonyl (C=O) groups excluding carboxylic acids is 4. The van der Waals surface area contributed by atoms with Crippen LogP contribution in [-0.4, -0.2) is 134 Å². The SMILES string of the molecule is COC(=O)CN(CCn1nc(-c2ccccc2)c(COCCOCc2c(-c3ccccc3)nn(CCN(CC(=O)OC)CC(=O)OC)c2C)c1C)CC(=O)OC. The molecule has 4 aromatic rings. The fourth-order valence-electron chi connectivity index (χ4n) is 5.96. The third-order valence-electron chi connectivity index (χ3n) is 9.20. The lowest BCUT2D eigenvalue weighted by molar-refractivity contribution is -0.147. The van der Waals surface area contributed by atoms with Crippen molar-refractivity contribution in [3.05, 3.63) is 83.2 Å². The molecule has 0 aliphatic carbocycles. The van der Waals surface area contributed by atoms with E-state index in [0.29, 0.717) is 39.4 Å². The minimum absolute atomic E-state index is 0.0622. The van der Waals surface area contributed by atoms with Crippen molar-refractivity contribution in [2.24, 2.45) is 0 Å². The first kappa shape index (κ1) is 43.3. The van der Waals surface area contributed by atoms with Crippen LogP contribution in [0, 0.1) is 13.8 Å². The molecule has 0 fully saturated rings. The Hall–Kier alpha value is -5.42. The molecule has 0 aliphatic heterocycles. The standard InChI is InChI=1S/C40H52N6O10/c1-29-33(39(31-13-9-7-10-14-31)41-45(29)19-17-43(23-35(47)51-3)24-36(48)52-4)27-55-21-22-56-28-34-30(2)46(42-40(34)32-15-11-8-12-16-32)20-18-44(25-37(49)53-5)26-38(50)54-6/h7-16H,17-28H2,1-6H3. The molecule has 0 amide bonds. The Kier molecular flexibility index (Phi) is 17.2. The Balaban J connectivity index is 1.42. The van der Waals surface area contributed by atoms with Gasteiger partial charge in [0, 0.05) is 46.7 Å². The number of hydrogen-bond acceptors (Lipinski definition) is 14. The average molecular weight is 777 g/mol. The van der Waals surface area contributed by atoms with Crippen molar-refractivity contribution in [1.82, 2.24) is 29.4 Å². The summed E-state index contributed by atoms with van der Waals surface area (Å²) in [5.41, 5.74) is 7.06. The van der Waals surface area contributed by atoms with E-state index in [1.807, 2.05) is 83.9 Å². The summed E-state index contributed by atoms with van der Waals surface area (Å²) in [7, 11) is 5.22. The second-order valence-electron chi connectivity index (χ2n) is 12.8. The van der Waals surface area contributed by atoms with Gasteiger partial charge in [-0.15, -0.1) is 0 Å². The minimum atomic E-state index is -0.455. The van der Waals surface area contributed by atoms with Gasteiger partial charge >= 0.3 is 23.9 Å². The maximum absolute atomic E-state index is 12.0. The number of hydrogen-bond donors (Lipinski definition) is 0. The summed E-state index contributed by atoms with van der Waals surface area (Å²) < 4.78 is 35.3. The summed E-state index contributed by atoms with van der Waals surface area (Å²) in [5, 5.41) is 9.81. The van der Waals surface area contributed by atoms with Gasteiger partial charge < -0.3 is 28.4 Å². The second kappa shape index (κ2) is 22.2. The molecular weight excluding hydrogens is 724 g/mol. The van der Waals surface area contributed by atoms with Crippen LogP contribution in [0.4, 0.5) is 0 Å². The van der Waals surface area contributed by atoms with Gasteiger partial charge in [-0.3, -0.25) is 38.3 Å². The molecule has 0 spiro atoms. The molecule has 56 heavy (non-hydrogen) atoms. The highest BCUT2D eigenvalue weighted by molar-refractivity contribution is 5.75. The Labute approximate surface area is 327 Å². The summed E-state index contributed by atoms with van der Waals surface area (Å²) in [4.78, 5) is 51.4. The largest absolute Gasteiger partial charge is 0.468 e. The van der Waals surface area contributed by atoms with Crippen LogP contribution in [0.5, 0.6) is 0 Å². The van der Waals surface area contributed by atoms with Gasteiger partial charge in [-0.1, -0.05) is 60.7 Å². The van der Waals surface area contributed by atoms with Crippen LogP contribution < -0.4 is 0 Å². The van der Waals surface area contributed by atoms with Gasteiger partial charge in [0.1, 0.15) is 0 Å². The van der Waals surface area contributed by atoms with Crippen molar-refractivity contribution in [2.45, 2.75) is 40.2 Å². The van der Waals surface area contributed by atoms with Crippen LogP contribution in [0.3, 0.4) is 0 Å². The van der Waals surface area contributed by atoms with Crippen molar-refractivity contribution in [2.75, 3.05) is 80.9 Å². The molecule has 2 aromatic carbocycles. The Morgan fingerprint density at radius 3 is 1.16 bits per heavy atom. The predicted molar refractivity (Wildman–Crippen MR) is 205 cm³/mol. The molecule has 0 unspecified atom stereocenters. The van der Waals surface area contributed by atoms with Crippen LogP contribution >= 0.6 is 0 Å². The minimum Gasteiger partial charge on any atom is -0.468 e. The maximum atomic E-state index is 12.0. The van der Waals surface area contributed by atoms with Gasteiger partial charge in [0.25, 0.3) is 0 Å². The molecule has 0 N–H and O–H groups in total. The van der Waals surface area contributed by atoms with Crippen LogP contribution in [0.2, 0.25) is 0 Å². The van der Waals surface area contributed by atoms with Crippen molar-refractivity contribution in [1.29, 1.82) is 0 Å². The molecule has 0 aliphatic rings. The van der Waals surface area contributed by atoms with Gasteiger partial charge in [-0.05, 0) is 13.8 Å². The maximum Gasteiger partial charge on any atom is 0.319 e. The topological polar surface area (TPSA) is 166 Å². The zero-order valence-electron chi connectivity index (χ0n) is 33.0. The zero-order valence-corrected chi connectivity index (χ0v) is 33.0. The highest BCUT2D eigenvalue weighted by Gasteiger charge is 2.22. The quantitative estimate of drug-likeness (QED) is 0.0613. The highest BCUT2D eigenvalue weighted by Crippen LogP contribution is 2.27. The third-order valence-corrected chi connectivity index (χ3v) is 9.20. The van der Waals surface area contributed by atoms with Crippen molar-refractivity contribution in [3.8, 4) is 22.5 Å². The first-order valence-electron chi connectivity index (χ1n) is 18.2. The van der Waals surface area contributed by atoms with E-state index in [0.717, 1.165) is 45.0 Å². The molecule has 0 radical (unpaired) electrons. The number of ether oxygens (including phenoxy) is 6. The number of aromatic nitrogens is 4. The van der Waals surface area contributed by atoms with Gasteiger partial charge in [0.15, 0.2) is 0 Å². The van der Waals surface area contributed by atoms with E-state index in [2.05, 4.69) is 0 Å². The fourth-order valence-corrected chi connectivity index (χ4v) is 5.96. The van der Waals surface area contributed by atoms with Gasteiger partial charge in [-0.25, -0.2) is 0 Å². The lowest BCUT2D eigenvalue weighted by Crippen LogP contribution is -2.37. The summed E-state index contributed by atoms with van der Waals surface area (Å²) in [6.45, 7) is 6.42. The highest BCUT2D eigenvalue weighted by atomic mass is 16.5. The van der Waals surface area contributed by atoms with E-state index in [1.54, 1.807) is 9.80 Å². The van der Waals surface area contributed by atoms with Crippen LogP contribution in [0.25, 0.3) is 22.5 Å². The molecule has 302 valence electrons. The Morgan fingerprint density at radius 1 is 0.536 bits per heavy atom. The van der Waals surface area contributed by atoms with E-state index < -0.39 is 23.9 Å². The molecule has 0 saturated carbocycles. The number of esters is 4. The lowest BCUT2D eigenvalue weighted by atomic mass is 10.1. The molecular formula is C40H52N6O10. The number of methoxy groups -OCH3 is 4.